The van der Waals surface area contributed by atoms with Crippen molar-refractivity contribution < 1.29 is 13.2 Å². The van der Waals surface area contributed by atoms with Crippen molar-refractivity contribution in [3.05, 3.63) is 35.4 Å². The number of benzene rings is 1. The van der Waals surface area contributed by atoms with Gasteiger partial charge in [0.1, 0.15) is 5.82 Å². The van der Waals surface area contributed by atoms with Gasteiger partial charge in [0.05, 0.1) is 5.56 Å². The van der Waals surface area contributed by atoms with E-state index in [2.05, 4.69) is 15.2 Å². The van der Waals surface area contributed by atoms with Crippen molar-refractivity contribution in [2.45, 2.75) is 25.7 Å². The van der Waals surface area contributed by atoms with Crippen molar-refractivity contribution in [2.24, 2.45) is 5.73 Å². The molecule has 1 heterocycles. The highest BCUT2D eigenvalue weighted by Crippen LogP contribution is 2.23. The maximum Gasteiger partial charge on any atom is 0.195 e. The van der Waals surface area contributed by atoms with Crippen LogP contribution in [0.2, 0.25) is 0 Å². The van der Waals surface area contributed by atoms with Crippen LogP contribution in [0.1, 0.15) is 25.1 Å². The Bertz CT molecular complexity index is 583. The Hall–Kier alpha value is -1.89. The minimum absolute atomic E-state index is 0.0234. The zero-order chi connectivity index (χ0) is 14.5. The molecule has 2 rings (SSSR count). The van der Waals surface area contributed by atoms with Gasteiger partial charge in [0.15, 0.2) is 23.3 Å². The lowest BCUT2D eigenvalue weighted by Gasteiger charge is -2.00. The van der Waals surface area contributed by atoms with E-state index in [0.29, 0.717) is 18.8 Å². The maximum atomic E-state index is 13.6. The van der Waals surface area contributed by atoms with Gasteiger partial charge in [-0.2, -0.15) is 5.10 Å². The van der Waals surface area contributed by atoms with Gasteiger partial charge in [-0.1, -0.05) is 6.42 Å². The molecule has 0 saturated carbocycles. The van der Waals surface area contributed by atoms with Crippen molar-refractivity contribution in [3.63, 3.8) is 0 Å². The Kier molecular flexibility index (Phi) is 4.73. The molecule has 0 aliphatic carbocycles. The van der Waals surface area contributed by atoms with Crippen molar-refractivity contribution >= 4 is 0 Å². The molecule has 0 saturated heterocycles. The van der Waals surface area contributed by atoms with Crippen molar-refractivity contribution in [1.82, 2.24) is 15.2 Å². The quantitative estimate of drug-likeness (QED) is 0.633. The van der Waals surface area contributed by atoms with Crippen LogP contribution >= 0.6 is 0 Å². The van der Waals surface area contributed by atoms with E-state index in [4.69, 9.17) is 5.73 Å². The van der Waals surface area contributed by atoms with Gasteiger partial charge >= 0.3 is 0 Å². The van der Waals surface area contributed by atoms with Crippen LogP contribution in [-0.2, 0) is 6.42 Å². The summed E-state index contributed by atoms with van der Waals surface area (Å²) in [5.74, 6) is -3.42. The molecule has 0 spiro atoms. The monoisotopic (exact) mass is 284 g/mol. The molecule has 1 aromatic carbocycles. The minimum atomic E-state index is -1.52. The topological polar surface area (TPSA) is 67.6 Å². The van der Waals surface area contributed by atoms with Gasteiger partial charge in [0.2, 0.25) is 0 Å². The van der Waals surface area contributed by atoms with E-state index in [9.17, 15) is 13.2 Å². The number of hydrogen-bond acceptors (Lipinski definition) is 3. The van der Waals surface area contributed by atoms with Gasteiger partial charge in [0.25, 0.3) is 0 Å². The largest absolute Gasteiger partial charge is 0.330 e. The predicted octanol–water partition coefficient (Wildman–Crippen LogP) is 2.56. The van der Waals surface area contributed by atoms with Gasteiger partial charge in [-0.15, -0.1) is 0 Å². The third-order valence-electron chi connectivity index (χ3n) is 2.93. The van der Waals surface area contributed by atoms with E-state index < -0.39 is 17.5 Å². The van der Waals surface area contributed by atoms with E-state index in [-0.39, 0.29) is 11.4 Å². The number of aryl methyl sites for hydroxylation is 1. The molecule has 0 bridgehead atoms. The molecule has 0 unspecified atom stereocenters. The second kappa shape index (κ2) is 6.51. The number of aromatic nitrogens is 3. The summed E-state index contributed by atoms with van der Waals surface area (Å²) in [5.41, 5.74) is 5.23. The summed E-state index contributed by atoms with van der Waals surface area (Å²) in [6.07, 6.45) is 3.43. The molecule has 0 atom stereocenters. The van der Waals surface area contributed by atoms with Gasteiger partial charge in [0, 0.05) is 6.42 Å². The summed E-state index contributed by atoms with van der Waals surface area (Å²) in [4.78, 5) is 4.08. The van der Waals surface area contributed by atoms with Gasteiger partial charge < -0.3 is 5.73 Å². The lowest BCUT2D eigenvalue weighted by Crippen LogP contribution is -1.98. The van der Waals surface area contributed by atoms with E-state index in [1.54, 1.807) is 0 Å². The zero-order valence-electron chi connectivity index (χ0n) is 10.8. The summed E-state index contributed by atoms with van der Waals surface area (Å²) in [5, 5.41) is 6.49. The molecule has 2 aromatic rings. The third kappa shape index (κ3) is 3.16. The summed E-state index contributed by atoms with van der Waals surface area (Å²) in [6.45, 7) is 0.641. The first-order valence-electron chi connectivity index (χ1n) is 6.38. The molecule has 108 valence electrons. The molecular weight excluding hydrogens is 269 g/mol. The van der Waals surface area contributed by atoms with Crippen LogP contribution in [0.5, 0.6) is 0 Å². The fourth-order valence-corrected chi connectivity index (χ4v) is 1.84. The van der Waals surface area contributed by atoms with Crippen LogP contribution in [0.3, 0.4) is 0 Å². The Labute approximate surface area is 114 Å². The average molecular weight is 284 g/mol. The molecule has 20 heavy (non-hydrogen) atoms. The molecule has 0 fully saturated rings. The van der Waals surface area contributed by atoms with Crippen LogP contribution in [0.15, 0.2) is 12.1 Å². The number of H-pyrrole nitrogens is 1. The highest BCUT2D eigenvalue weighted by atomic mass is 19.2. The summed E-state index contributed by atoms with van der Waals surface area (Å²) in [7, 11) is 0. The van der Waals surface area contributed by atoms with E-state index in [1.165, 1.54) is 0 Å². The number of rotatable bonds is 6. The van der Waals surface area contributed by atoms with E-state index in [1.807, 2.05) is 0 Å². The van der Waals surface area contributed by atoms with Crippen molar-refractivity contribution in [1.29, 1.82) is 0 Å². The average Bonchev–Trinajstić information content (AvgIpc) is 2.90. The molecule has 7 heteroatoms. The molecular formula is C13H15F3N4. The highest BCUT2D eigenvalue weighted by Gasteiger charge is 2.17. The normalized spacial score (nSPS) is 11.0. The molecule has 1 aromatic heterocycles. The van der Waals surface area contributed by atoms with Gasteiger partial charge in [-0.05, 0) is 31.5 Å². The fourth-order valence-electron chi connectivity index (χ4n) is 1.84. The summed E-state index contributed by atoms with van der Waals surface area (Å²) in [6, 6.07) is 1.97. The lowest BCUT2D eigenvalue weighted by atomic mass is 10.2. The smallest absolute Gasteiger partial charge is 0.195 e. The van der Waals surface area contributed by atoms with Crippen molar-refractivity contribution in [3.8, 4) is 11.4 Å². The standard InChI is InChI=1S/C13H15F3N4/c14-9-6-5-8(11(15)12(9)16)13-18-10(19-20-13)4-2-1-3-7-17/h5-6H,1-4,7,17H2,(H,18,19,20). The van der Waals surface area contributed by atoms with Crippen LogP contribution in [0.4, 0.5) is 13.2 Å². The van der Waals surface area contributed by atoms with E-state index >= 15 is 0 Å². The number of aromatic amines is 1. The van der Waals surface area contributed by atoms with Gasteiger partial charge in [-0.25, -0.2) is 18.2 Å². The van der Waals surface area contributed by atoms with Crippen molar-refractivity contribution in [2.75, 3.05) is 6.54 Å². The number of nitrogens with two attached hydrogens (primary N) is 1. The number of nitrogens with zero attached hydrogens (tertiary/aromatic N) is 2. The Morgan fingerprint density at radius 3 is 2.60 bits per heavy atom. The molecule has 0 aliphatic heterocycles. The van der Waals surface area contributed by atoms with Crippen LogP contribution in [-0.4, -0.2) is 21.7 Å². The Morgan fingerprint density at radius 1 is 1.05 bits per heavy atom. The second-order valence-corrected chi connectivity index (χ2v) is 4.43. The first kappa shape index (κ1) is 14.5. The number of hydrogen-bond donors (Lipinski definition) is 2. The predicted molar refractivity (Wildman–Crippen MR) is 68.3 cm³/mol. The third-order valence-corrected chi connectivity index (χ3v) is 2.93. The summed E-state index contributed by atoms with van der Waals surface area (Å²) < 4.78 is 39.6. The second-order valence-electron chi connectivity index (χ2n) is 4.43. The first-order chi connectivity index (χ1) is 9.63. The number of halogens is 3. The van der Waals surface area contributed by atoms with Crippen LogP contribution in [0, 0.1) is 17.5 Å². The molecule has 4 nitrogen and oxygen atoms in total. The molecule has 0 aliphatic rings. The molecule has 0 amide bonds. The van der Waals surface area contributed by atoms with Crippen LogP contribution < -0.4 is 5.73 Å². The summed E-state index contributed by atoms with van der Waals surface area (Å²) >= 11 is 0. The Morgan fingerprint density at radius 2 is 1.85 bits per heavy atom. The van der Waals surface area contributed by atoms with E-state index in [0.717, 1.165) is 31.4 Å². The highest BCUT2D eigenvalue weighted by molar-refractivity contribution is 5.55. The maximum absolute atomic E-state index is 13.6. The molecule has 3 N–H and O–H groups in total. The number of nitrogens with one attached hydrogen (secondary N) is 1. The SMILES string of the molecule is NCCCCCc1nc(-c2ccc(F)c(F)c2F)n[nH]1. The lowest BCUT2D eigenvalue weighted by molar-refractivity contribution is 0.448. The zero-order valence-corrected chi connectivity index (χ0v) is 10.8. The minimum Gasteiger partial charge on any atom is -0.330 e. The first-order valence-corrected chi connectivity index (χ1v) is 6.38. The molecule has 0 radical (unpaired) electrons. The van der Waals surface area contributed by atoms with Crippen LogP contribution in [0.25, 0.3) is 11.4 Å². The Balaban J connectivity index is 2.11. The van der Waals surface area contributed by atoms with Gasteiger partial charge in [-0.3, -0.25) is 5.10 Å². The fraction of sp³-hybridized carbons (Fsp3) is 0.385. The number of unbranched alkanes of at least 4 members (excludes halogenated alkanes) is 2.